The molecule has 0 aliphatic carbocycles. The topological polar surface area (TPSA) is 43.1 Å². The van der Waals surface area contributed by atoms with Crippen LogP contribution in [-0.4, -0.2) is 10.3 Å². The van der Waals surface area contributed by atoms with Crippen molar-refractivity contribution in [2.75, 3.05) is 0 Å². The molecule has 1 aromatic carbocycles. The Morgan fingerprint density at radius 2 is 1.93 bits per heavy atom. The van der Waals surface area contributed by atoms with Crippen LogP contribution in [-0.2, 0) is 0 Å². The number of nitrogens with zero attached hydrogens (tertiary/aromatic N) is 1. The van der Waals surface area contributed by atoms with Crippen molar-refractivity contribution >= 4 is 17.3 Å². The standard InChI is InChI=1S/C11H14ClNO2/c1-3-11(8(2)12)9-4-6-10(7-5-9)13(14)15/h4-8,11H,3H2,1-2H3. The maximum absolute atomic E-state index is 10.5. The number of hydrogen-bond acceptors (Lipinski definition) is 2. The molecular formula is C11H14ClNO2. The van der Waals surface area contributed by atoms with Gasteiger partial charge in [-0.15, -0.1) is 11.6 Å². The normalized spacial score (nSPS) is 14.6. The van der Waals surface area contributed by atoms with E-state index in [2.05, 4.69) is 6.92 Å². The Balaban J connectivity index is 2.92. The smallest absolute Gasteiger partial charge is 0.258 e. The van der Waals surface area contributed by atoms with E-state index in [1.807, 2.05) is 6.92 Å². The second-order valence-corrected chi connectivity index (χ2v) is 4.23. The first-order valence-electron chi connectivity index (χ1n) is 4.94. The summed E-state index contributed by atoms with van der Waals surface area (Å²) < 4.78 is 0. The summed E-state index contributed by atoms with van der Waals surface area (Å²) in [5.74, 6) is 0.257. The fourth-order valence-corrected chi connectivity index (χ4v) is 1.99. The third kappa shape index (κ3) is 2.93. The molecule has 0 saturated carbocycles. The van der Waals surface area contributed by atoms with Crippen LogP contribution in [0.15, 0.2) is 24.3 Å². The fraction of sp³-hybridized carbons (Fsp3) is 0.455. The van der Waals surface area contributed by atoms with Crippen molar-refractivity contribution in [2.45, 2.75) is 31.6 Å². The van der Waals surface area contributed by atoms with Crippen molar-refractivity contribution in [1.29, 1.82) is 0 Å². The molecule has 0 N–H and O–H groups in total. The first kappa shape index (κ1) is 12.0. The van der Waals surface area contributed by atoms with Crippen LogP contribution >= 0.6 is 11.6 Å². The Kier molecular flexibility index (Phi) is 4.09. The highest BCUT2D eigenvalue weighted by Crippen LogP contribution is 2.27. The zero-order valence-electron chi connectivity index (χ0n) is 8.81. The second kappa shape index (κ2) is 5.12. The molecule has 0 heterocycles. The lowest BCUT2D eigenvalue weighted by Crippen LogP contribution is -2.08. The number of benzene rings is 1. The number of hydrogen-bond donors (Lipinski definition) is 0. The molecule has 0 radical (unpaired) electrons. The summed E-state index contributed by atoms with van der Waals surface area (Å²) in [6, 6.07) is 6.62. The van der Waals surface area contributed by atoms with Gasteiger partial charge in [0.15, 0.2) is 0 Å². The lowest BCUT2D eigenvalue weighted by atomic mass is 9.93. The van der Waals surface area contributed by atoms with Crippen LogP contribution in [0.5, 0.6) is 0 Å². The molecule has 0 aliphatic rings. The van der Waals surface area contributed by atoms with E-state index < -0.39 is 4.92 Å². The number of rotatable bonds is 4. The van der Waals surface area contributed by atoms with Gasteiger partial charge >= 0.3 is 0 Å². The maximum Gasteiger partial charge on any atom is 0.269 e. The van der Waals surface area contributed by atoms with Crippen molar-refractivity contribution in [3.8, 4) is 0 Å². The van der Waals surface area contributed by atoms with Crippen LogP contribution in [0.1, 0.15) is 31.7 Å². The van der Waals surface area contributed by atoms with Gasteiger partial charge in [0.2, 0.25) is 0 Å². The Labute approximate surface area is 94.2 Å². The number of alkyl halides is 1. The van der Waals surface area contributed by atoms with Crippen LogP contribution in [0.2, 0.25) is 0 Å². The number of non-ortho nitro benzene ring substituents is 1. The predicted octanol–water partition coefficient (Wildman–Crippen LogP) is 3.72. The molecule has 0 spiro atoms. The van der Waals surface area contributed by atoms with Crippen LogP contribution < -0.4 is 0 Å². The summed E-state index contributed by atoms with van der Waals surface area (Å²) in [5.41, 5.74) is 1.18. The molecule has 0 aromatic heterocycles. The minimum absolute atomic E-state index is 0.0384. The van der Waals surface area contributed by atoms with E-state index in [4.69, 9.17) is 11.6 Å². The molecule has 1 rings (SSSR count). The minimum atomic E-state index is -0.394. The number of nitro groups is 1. The lowest BCUT2D eigenvalue weighted by Gasteiger charge is -2.17. The minimum Gasteiger partial charge on any atom is -0.258 e. The lowest BCUT2D eigenvalue weighted by molar-refractivity contribution is -0.384. The third-order valence-electron chi connectivity index (χ3n) is 2.53. The molecule has 3 nitrogen and oxygen atoms in total. The number of nitro benzene ring substituents is 1. The Hall–Kier alpha value is -1.09. The van der Waals surface area contributed by atoms with Gasteiger partial charge in [0.1, 0.15) is 0 Å². The van der Waals surface area contributed by atoms with Gasteiger partial charge in [0.25, 0.3) is 5.69 Å². The average molecular weight is 228 g/mol. The van der Waals surface area contributed by atoms with Gasteiger partial charge in [0, 0.05) is 17.5 Å². The van der Waals surface area contributed by atoms with Crippen LogP contribution in [0.3, 0.4) is 0 Å². The van der Waals surface area contributed by atoms with Gasteiger partial charge in [0.05, 0.1) is 4.92 Å². The van der Waals surface area contributed by atoms with Crippen LogP contribution in [0.4, 0.5) is 5.69 Å². The van der Waals surface area contributed by atoms with E-state index in [1.54, 1.807) is 12.1 Å². The molecule has 1 aromatic rings. The Bertz CT molecular complexity index is 335. The quantitative estimate of drug-likeness (QED) is 0.447. The molecule has 2 unspecified atom stereocenters. The summed E-state index contributed by atoms with van der Waals surface area (Å²) in [7, 11) is 0. The molecule has 0 saturated heterocycles. The molecule has 0 fully saturated rings. The maximum atomic E-state index is 10.5. The second-order valence-electron chi connectivity index (χ2n) is 3.54. The van der Waals surface area contributed by atoms with E-state index in [9.17, 15) is 10.1 Å². The monoisotopic (exact) mass is 227 g/mol. The van der Waals surface area contributed by atoms with E-state index in [0.717, 1.165) is 12.0 Å². The highest BCUT2D eigenvalue weighted by Gasteiger charge is 2.16. The summed E-state index contributed by atoms with van der Waals surface area (Å²) in [5, 5.41) is 10.5. The molecular weight excluding hydrogens is 214 g/mol. The highest BCUT2D eigenvalue weighted by molar-refractivity contribution is 6.20. The molecule has 2 atom stereocenters. The largest absolute Gasteiger partial charge is 0.269 e. The molecule has 15 heavy (non-hydrogen) atoms. The fourth-order valence-electron chi connectivity index (χ4n) is 1.67. The van der Waals surface area contributed by atoms with Crippen LogP contribution in [0, 0.1) is 10.1 Å². The van der Waals surface area contributed by atoms with E-state index in [1.165, 1.54) is 12.1 Å². The number of halogens is 1. The molecule has 0 bridgehead atoms. The van der Waals surface area contributed by atoms with Gasteiger partial charge in [-0.1, -0.05) is 19.1 Å². The van der Waals surface area contributed by atoms with Crippen molar-refractivity contribution in [3.63, 3.8) is 0 Å². The van der Waals surface area contributed by atoms with Gasteiger partial charge < -0.3 is 0 Å². The molecule has 0 amide bonds. The SMILES string of the molecule is CCC(c1ccc([N+](=O)[O-])cc1)C(C)Cl. The van der Waals surface area contributed by atoms with E-state index in [-0.39, 0.29) is 17.0 Å². The third-order valence-corrected chi connectivity index (χ3v) is 2.83. The summed E-state index contributed by atoms with van der Waals surface area (Å²) in [4.78, 5) is 10.1. The van der Waals surface area contributed by atoms with E-state index >= 15 is 0 Å². The zero-order valence-corrected chi connectivity index (χ0v) is 9.57. The first-order chi connectivity index (χ1) is 7.06. The van der Waals surface area contributed by atoms with Crippen molar-refractivity contribution < 1.29 is 4.92 Å². The van der Waals surface area contributed by atoms with Crippen molar-refractivity contribution in [2.24, 2.45) is 0 Å². The summed E-state index contributed by atoms with van der Waals surface area (Å²) in [6.45, 7) is 4.00. The van der Waals surface area contributed by atoms with Crippen molar-refractivity contribution in [3.05, 3.63) is 39.9 Å². The van der Waals surface area contributed by atoms with Gasteiger partial charge in [-0.3, -0.25) is 10.1 Å². The van der Waals surface area contributed by atoms with Crippen molar-refractivity contribution in [1.82, 2.24) is 0 Å². The van der Waals surface area contributed by atoms with Crippen LogP contribution in [0.25, 0.3) is 0 Å². The van der Waals surface area contributed by atoms with Gasteiger partial charge in [-0.25, -0.2) is 0 Å². The average Bonchev–Trinajstić information content (AvgIpc) is 2.19. The predicted molar refractivity (Wildman–Crippen MR) is 61.4 cm³/mol. The molecule has 82 valence electrons. The molecule has 0 aliphatic heterocycles. The Morgan fingerprint density at radius 3 is 2.27 bits per heavy atom. The van der Waals surface area contributed by atoms with Gasteiger partial charge in [-0.2, -0.15) is 0 Å². The highest BCUT2D eigenvalue weighted by atomic mass is 35.5. The summed E-state index contributed by atoms with van der Waals surface area (Å²) >= 11 is 6.05. The van der Waals surface area contributed by atoms with Gasteiger partial charge in [-0.05, 0) is 24.8 Å². The zero-order chi connectivity index (χ0) is 11.4. The van der Waals surface area contributed by atoms with E-state index in [0.29, 0.717) is 0 Å². The first-order valence-corrected chi connectivity index (χ1v) is 5.38. The molecule has 4 heteroatoms. The summed E-state index contributed by atoms with van der Waals surface area (Å²) in [6.07, 6.45) is 0.933. The Morgan fingerprint density at radius 1 is 1.40 bits per heavy atom.